The van der Waals surface area contributed by atoms with Crippen molar-refractivity contribution in [2.75, 3.05) is 26.2 Å². The highest BCUT2D eigenvalue weighted by Gasteiger charge is 2.17. The van der Waals surface area contributed by atoms with Crippen LogP contribution in [0, 0.1) is 0 Å². The fourth-order valence-corrected chi connectivity index (χ4v) is 2.52. The predicted octanol–water partition coefficient (Wildman–Crippen LogP) is 2.77. The fraction of sp³-hybridized carbons (Fsp3) is 0.500. The Morgan fingerprint density at radius 1 is 1.28 bits per heavy atom. The number of hydrogen-bond donors (Lipinski definition) is 1. The van der Waals surface area contributed by atoms with E-state index in [9.17, 15) is 0 Å². The summed E-state index contributed by atoms with van der Waals surface area (Å²) in [7, 11) is 0. The van der Waals surface area contributed by atoms with E-state index in [1.807, 2.05) is 6.07 Å². The van der Waals surface area contributed by atoms with Gasteiger partial charge < -0.3 is 5.32 Å². The monoisotopic (exact) mass is 244 g/mol. The quantitative estimate of drug-likeness (QED) is 0.828. The second kappa shape index (κ2) is 6.72. The highest BCUT2D eigenvalue weighted by atomic mass is 15.2. The summed E-state index contributed by atoms with van der Waals surface area (Å²) >= 11 is 0. The van der Waals surface area contributed by atoms with E-state index in [1.165, 1.54) is 37.1 Å². The second-order valence-electron chi connectivity index (χ2n) is 5.19. The summed E-state index contributed by atoms with van der Waals surface area (Å²) in [5, 5.41) is 3.52. The molecule has 18 heavy (non-hydrogen) atoms. The molecule has 0 aromatic heterocycles. The molecule has 0 radical (unpaired) electrons. The van der Waals surface area contributed by atoms with E-state index in [2.05, 4.69) is 48.0 Å². The third-order valence-electron chi connectivity index (χ3n) is 3.72. The van der Waals surface area contributed by atoms with Gasteiger partial charge >= 0.3 is 0 Å². The molecule has 1 fully saturated rings. The van der Waals surface area contributed by atoms with Crippen molar-refractivity contribution in [2.24, 2.45) is 0 Å². The maximum Gasteiger partial charge on any atom is 0.0206 e. The predicted molar refractivity (Wildman–Crippen MR) is 78.6 cm³/mol. The topological polar surface area (TPSA) is 15.3 Å². The van der Waals surface area contributed by atoms with Crippen molar-refractivity contribution >= 4 is 5.57 Å². The largest absolute Gasteiger partial charge is 0.311 e. The third-order valence-corrected chi connectivity index (χ3v) is 3.72. The molecule has 98 valence electrons. The molecule has 1 atom stereocenters. The summed E-state index contributed by atoms with van der Waals surface area (Å²) in [6.45, 7) is 10.9. The fourth-order valence-electron chi connectivity index (χ4n) is 2.52. The normalized spacial score (nSPS) is 17.8. The molecule has 1 aromatic carbocycles. The molecule has 1 aromatic rings. The van der Waals surface area contributed by atoms with Crippen molar-refractivity contribution in [2.45, 2.75) is 25.8 Å². The lowest BCUT2D eigenvalue weighted by atomic mass is 10.1. The molecule has 1 heterocycles. The molecule has 1 aliphatic heterocycles. The Morgan fingerprint density at radius 3 is 2.61 bits per heavy atom. The van der Waals surface area contributed by atoms with Gasteiger partial charge in [-0.15, -0.1) is 0 Å². The van der Waals surface area contributed by atoms with Crippen molar-refractivity contribution < 1.29 is 0 Å². The average Bonchev–Trinajstić information content (AvgIpc) is 2.93. The van der Waals surface area contributed by atoms with Crippen molar-refractivity contribution in [1.29, 1.82) is 0 Å². The molecule has 2 nitrogen and oxygen atoms in total. The van der Waals surface area contributed by atoms with Gasteiger partial charge in [0, 0.05) is 19.1 Å². The first-order valence-corrected chi connectivity index (χ1v) is 6.95. The number of nitrogens with one attached hydrogen (secondary N) is 1. The minimum Gasteiger partial charge on any atom is -0.311 e. The van der Waals surface area contributed by atoms with Crippen LogP contribution in [-0.2, 0) is 0 Å². The summed E-state index contributed by atoms with van der Waals surface area (Å²) < 4.78 is 0. The molecule has 2 rings (SSSR count). The summed E-state index contributed by atoms with van der Waals surface area (Å²) in [4.78, 5) is 2.57. The van der Waals surface area contributed by atoms with E-state index in [4.69, 9.17) is 0 Å². The highest BCUT2D eigenvalue weighted by molar-refractivity contribution is 5.64. The molecule has 1 aliphatic rings. The van der Waals surface area contributed by atoms with Crippen molar-refractivity contribution in [1.82, 2.24) is 10.2 Å². The Balaban J connectivity index is 1.70. The third kappa shape index (κ3) is 3.69. The van der Waals surface area contributed by atoms with E-state index in [1.54, 1.807) is 0 Å². The molecule has 2 heteroatoms. The molecule has 0 bridgehead atoms. The Hall–Kier alpha value is -1.12. The van der Waals surface area contributed by atoms with Crippen molar-refractivity contribution in [3.8, 4) is 0 Å². The van der Waals surface area contributed by atoms with Crippen LogP contribution in [0.5, 0.6) is 0 Å². The highest BCUT2D eigenvalue weighted by Crippen LogP contribution is 2.12. The van der Waals surface area contributed by atoms with Gasteiger partial charge in [0.1, 0.15) is 0 Å². The first kappa shape index (κ1) is 13.3. The minimum atomic E-state index is 0.635. The lowest BCUT2D eigenvalue weighted by molar-refractivity contribution is 0.254. The Labute approximate surface area is 111 Å². The summed E-state index contributed by atoms with van der Waals surface area (Å²) in [5.41, 5.74) is 2.41. The van der Waals surface area contributed by atoms with Crippen molar-refractivity contribution in [3.63, 3.8) is 0 Å². The molecular weight excluding hydrogens is 220 g/mol. The standard InChI is InChI=1S/C16H24N2/c1-14(16-8-4-3-5-9-16)12-17-13-15(2)18-10-6-7-11-18/h3-5,8-9,15,17H,1,6-7,10-13H2,2H3. The maximum absolute atomic E-state index is 4.14. The van der Waals surface area contributed by atoms with Gasteiger partial charge in [-0.05, 0) is 44.0 Å². The maximum atomic E-state index is 4.14. The van der Waals surface area contributed by atoms with Crippen LogP contribution in [0.1, 0.15) is 25.3 Å². The number of rotatable bonds is 6. The second-order valence-corrected chi connectivity index (χ2v) is 5.19. The zero-order valence-electron chi connectivity index (χ0n) is 11.4. The summed E-state index contributed by atoms with van der Waals surface area (Å²) in [6, 6.07) is 11.0. The smallest absolute Gasteiger partial charge is 0.0206 e. The Kier molecular flexibility index (Phi) is 4.97. The van der Waals surface area contributed by atoms with Gasteiger partial charge in [0.05, 0.1) is 0 Å². The number of likely N-dealkylation sites (tertiary alicyclic amines) is 1. The van der Waals surface area contributed by atoms with Crippen LogP contribution < -0.4 is 5.32 Å². The summed E-state index contributed by atoms with van der Waals surface area (Å²) in [6.07, 6.45) is 2.72. The molecule has 0 spiro atoms. The van der Waals surface area contributed by atoms with Crippen LogP contribution in [-0.4, -0.2) is 37.1 Å². The van der Waals surface area contributed by atoms with Gasteiger partial charge in [0.25, 0.3) is 0 Å². The summed E-state index contributed by atoms with van der Waals surface area (Å²) in [5.74, 6) is 0. The van der Waals surface area contributed by atoms with Crippen LogP contribution in [0.3, 0.4) is 0 Å². The zero-order valence-corrected chi connectivity index (χ0v) is 11.4. The van der Waals surface area contributed by atoms with E-state index >= 15 is 0 Å². The molecule has 1 unspecified atom stereocenters. The SMILES string of the molecule is C=C(CNCC(C)N1CCCC1)c1ccccc1. The van der Waals surface area contributed by atoms with Gasteiger partial charge in [0.15, 0.2) is 0 Å². The number of hydrogen-bond acceptors (Lipinski definition) is 2. The molecule has 0 amide bonds. The molecular formula is C16H24N2. The number of nitrogens with zero attached hydrogens (tertiary/aromatic N) is 1. The molecule has 0 saturated carbocycles. The van der Waals surface area contributed by atoms with Gasteiger partial charge in [0.2, 0.25) is 0 Å². The number of benzene rings is 1. The lowest BCUT2D eigenvalue weighted by Gasteiger charge is -2.24. The van der Waals surface area contributed by atoms with Crippen LogP contribution >= 0.6 is 0 Å². The zero-order chi connectivity index (χ0) is 12.8. The molecule has 1 N–H and O–H groups in total. The van der Waals surface area contributed by atoms with Gasteiger partial charge in [-0.2, -0.15) is 0 Å². The van der Waals surface area contributed by atoms with Gasteiger partial charge in [-0.3, -0.25) is 4.90 Å². The van der Waals surface area contributed by atoms with Gasteiger partial charge in [-0.25, -0.2) is 0 Å². The molecule has 0 aliphatic carbocycles. The van der Waals surface area contributed by atoms with Crippen LogP contribution in [0.4, 0.5) is 0 Å². The van der Waals surface area contributed by atoms with Crippen LogP contribution in [0.15, 0.2) is 36.9 Å². The van der Waals surface area contributed by atoms with E-state index < -0.39 is 0 Å². The Bertz CT molecular complexity index is 366. The van der Waals surface area contributed by atoms with Crippen LogP contribution in [0.2, 0.25) is 0 Å². The first-order valence-electron chi connectivity index (χ1n) is 6.95. The average molecular weight is 244 g/mol. The van der Waals surface area contributed by atoms with E-state index in [0.717, 1.165) is 13.1 Å². The first-order chi connectivity index (χ1) is 8.77. The Morgan fingerprint density at radius 2 is 1.94 bits per heavy atom. The van der Waals surface area contributed by atoms with Crippen molar-refractivity contribution in [3.05, 3.63) is 42.5 Å². The molecule has 1 saturated heterocycles. The van der Waals surface area contributed by atoms with E-state index in [0.29, 0.717) is 6.04 Å². The lowest BCUT2D eigenvalue weighted by Crippen LogP contribution is -2.38. The minimum absolute atomic E-state index is 0.635. The van der Waals surface area contributed by atoms with E-state index in [-0.39, 0.29) is 0 Å². The van der Waals surface area contributed by atoms with Gasteiger partial charge in [-0.1, -0.05) is 36.9 Å². The van der Waals surface area contributed by atoms with Crippen LogP contribution in [0.25, 0.3) is 5.57 Å².